The summed E-state index contributed by atoms with van der Waals surface area (Å²) in [7, 11) is 8.11. The molecule has 0 spiro atoms. The third kappa shape index (κ3) is 9.86. The fourth-order valence-electron chi connectivity index (χ4n) is 4.94. The van der Waals surface area contributed by atoms with E-state index in [1.165, 1.54) is 23.5 Å². The van der Waals surface area contributed by atoms with E-state index in [0.29, 0.717) is 27.1 Å². The first-order valence-electron chi connectivity index (χ1n) is 15.4. The number of hydrogen-bond donors (Lipinski definition) is 3. The number of nitrogens with one attached hydrogen (secondary N) is 2. The van der Waals surface area contributed by atoms with Crippen LogP contribution in [0.4, 0.5) is 11.4 Å². The molecule has 3 N–H and O–H groups in total. The summed E-state index contributed by atoms with van der Waals surface area (Å²) in [5.41, 5.74) is 3.83. The molecule has 0 saturated heterocycles. The number of benzene rings is 1. The number of anilines is 2. The van der Waals surface area contributed by atoms with Gasteiger partial charge < -0.3 is 30.5 Å². The fourth-order valence-corrected chi connectivity index (χ4v) is 4.94. The lowest BCUT2D eigenvalue weighted by Crippen LogP contribution is -2.28. The molecule has 0 saturated carbocycles. The minimum absolute atomic E-state index is 0. The largest absolute Gasteiger partial charge is 0.423 e. The van der Waals surface area contributed by atoms with Crippen LogP contribution >= 0.6 is 12.4 Å². The Kier molecular flexibility index (Phi) is 14.1. The second-order valence-corrected chi connectivity index (χ2v) is 11.6. The first-order valence-corrected chi connectivity index (χ1v) is 15.4. The number of hydrogen-bond acceptors (Lipinski definition) is 12. The van der Waals surface area contributed by atoms with Gasteiger partial charge in [0.25, 0.3) is 11.1 Å². The van der Waals surface area contributed by atoms with Crippen molar-refractivity contribution in [1.82, 2.24) is 39.2 Å². The normalized spacial score (nSPS) is 10.9. The molecule has 4 aromatic heterocycles. The smallest absolute Gasteiger partial charge is 0.287 e. The molecule has 4 heterocycles. The number of nitrogens with zero attached hydrogens (tertiary/aromatic N) is 8. The third-order valence-electron chi connectivity index (χ3n) is 7.31. The molecule has 14 nitrogen and oxygen atoms in total. The Bertz CT molecular complexity index is 1900. The highest BCUT2D eigenvalue weighted by atomic mass is 35.5. The van der Waals surface area contributed by atoms with Gasteiger partial charge in [0.1, 0.15) is 19.3 Å². The fraction of sp³-hybridized carbons (Fsp3) is 0.394. The third-order valence-corrected chi connectivity index (χ3v) is 7.31. The number of pyridine rings is 2. The van der Waals surface area contributed by atoms with Crippen LogP contribution < -0.4 is 26.6 Å². The van der Waals surface area contributed by atoms with Crippen molar-refractivity contribution in [2.75, 3.05) is 65.0 Å². The van der Waals surface area contributed by atoms with Crippen LogP contribution in [0.5, 0.6) is 0 Å². The molecule has 0 radical (unpaired) electrons. The highest BCUT2D eigenvalue weighted by Gasteiger charge is 2.15. The van der Waals surface area contributed by atoms with Crippen LogP contribution in [-0.2, 0) is 6.61 Å². The van der Waals surface area contributed by atoms with Crippen LogP contribution in [0.25, 0.3) is 22.1 Å². The lowest BCUT2D eigenvalue weighted by Gasteiger charge is -2.16. The van der Waals surface area contributed by atoms with Gasteiger partial charge in [-0.2, -0.15) is 0 Å². The van der Waals surface area contributed by atoms with Gasteiger partial charge in [-0.1, -0.05) is 30.3 Å². The molecular weight excluding hydrogens is 636 g/mol. The van der Waals surface area contributed by atoms with Crippen molar-refractivity contribution in [2.24, 2.45) is 0 Å². The van der Waals surface area contributed by atoms with E-state index in [1.54, 1.807) is 6.07 Å². The summed E-state index contributed by atoms with van der Waals surface area (Å²) in [4.78, 5) is 51.1. The highest BCUT2D eigenvalue weighted by Crippen LogP contribution is 2.23. The van der Waals surface area contributed by atoms with Crippen molar-refractivity contribution in [2.45, 2.75) is 33.3 Å². The summed E-state index contributed by atoms with van der Waals surface area (Å²) < 4.78 is 1.80. The minimum atomic E-state index is -0.509. The van der Waals surface area contributed by atoms with Gasteiger partial charge in [0.2, 0.25) is 0 Å². The molecule has 0 aliphatic heterocycles. The van der Waals surface area contributed by atoms with Crippen LogP contribution in [-0.4, -0.2) is 98.8 Å². The Morgan fingerprint density at radius 3 is 1.79 bits per heavy atom. The van der Waals surface area contributed by atoms with Gasteiger partial charge in [0, 0.05) is 25.2 Å². The number of fused-ring (bicyclic) bond motifs is 2. The molecule has 1 aromatic carbocycles. The van der Waals surface area contributed by atoms with Gasteiger partial charge in [-0.05, 0) is 73.5 Å². The van der Waals surface area contributed by atoms with Crippen LogP contribution in [0.2, 0.25) is 0 Å². The molecule has 5 rings (SSSR count). The molecule has 0 aliphatic rings. The summed E-state index contributed by atoms with van der Waals surface area (Å²) in [6.45, 7) is 7.43. The zero-order valence-electron chi connectivity index (χ0n) is 28.3. The zero-order chi connectivity index (χ0) is 33.9. The molecule has 0 amide bonds. The molecular formula is C33H45ClN10O4. The van der Waals surface area contributed by atoms with Gasteiger partial charge in [-0.15, -0.1) is 21.9 Å². The Hall–Kier alpha value is -4.79. The Morgan fingerprint density at radius 2 is 1.25 bits per heavy atom. The van der Waals surface area contributed by atoms with Crippen molar-refractivity contribution in [3.8, 4) is 0 Å². The molecule has 15 heteroatoms. The van der Waals surface area contributed by atoms with Gasteiger partial charge in [0.15, 0.2) is 11.3 Å². The summed E-state index contributed by atoms with van der Waals surface area (Å²) in [5, 5.41) is 17.8. The van der Waals surface area contributed by atoms with Crippen molar-refractivity contribution in [1.29, 1.82) is 0 Å². The molecule has 258 valence electrons. The van der Waals surface area contributed by atoms with Gasteiger partial charge in [-0.3, -0.25) is 9.59 Å². The molecule has 0 atom stereocenters. The quantitative estimate of drug-likeness (QED) is 0.124. The van der Waals surface area contributed by atoms with Crippen LogP contribution in [0.3, 0.4) is 0 Å². The van der Waals surface area contributed by atoms with E-state index >= 15 is 0 Å². The lowest BCUT2D eigenvalue weighted by molar-refractivity contribution is 0.0979. The zero-order valence-corrected chi connectivity index (χ0v) is 29.1. The van der Waals surface area contributed by atoms with E-state index in [0.717, 1.165) is 61.4 Å². The maximum atomic E-state index is 12.7. The topological polar surface area (TPSA) is 156 Å². The average molecular weight is 681 g/mol. The van der Waals surface area contributed by atoms with E-state index in [-0.39, 0.29) is 30.2 Å². The number of aryl methyl sites for hydroxylation is 2. The number of halogens is 1. The van der Waals surface area contributed by atoms with Crippen LogP contribution in [0.15, 0.2) is 64.7 Å². The number of rotatable bonds is 13. The van der Waals surface area contributed by atoms with Gasteiger partial charge in [-0.25, -0.2) is 19.9 Å². The maximum Gasteiger partial charge on any atom is 0.287 e. The first-order chi connectivity index (χ1) is 22.6. The summed E-state index contributed by atoms with van der Waals surface area (Å²) >= 11 is 0. The summed E-state index contributed by atoms with van der Waals surface area (Å²) in [5.74, 6) is 0. The molecule has 5 aromatic rings. The number of aromatic nitrogens is 6. The maximum absolute atomic E-state index is 12.7. The Morgan fingerprint density at radius 1 is 0.750 bits per heavy atom. The molecule has 0 aliphatic carbocycles. The first kappa shape index (κ1) is 37.7. The molecule has 0 bridgehead atoms. The summed E-state index contributed by atoms with van der Waals surface area (Å²) in [6.07, 6.45) is 4.70. The molecule has 48 heavy (non-hydrogen) atoms. The SMILES string of the molecule is Cc1ncnc2c1c(NCCCN(C)C)cc(=O)n2O.Cc1ncnc2c1c(NCCCN(C)C)cc(=O)n2OCc1ccccc1.Cl. The summed E-state index contributed by atoms with van der Waals surface area (Å²) in [6, 6.07) is 12.6. The second-order valence-electron chi connectivity index (χ2n) is 11.6. The lowest BCUT2D eigenvalue weighted by atomic mass is 10.2. The van der Waals surface area contributed by atoms with Crippen molar-refractivity contribution < 1.29 is 10.0 Å². The predicted molar refractivity (Wildman–Crippen MR) is 192 cm³/mol. The van der Waals surface area contributed by atoms with Crippen molar-refractivity contribution in [3.63, 3.8) is 0 Å². The highest BCUT2D eigenvalue weighted by molar-refractivity contribution is 5.91. The van der Waals surface area contributed by atoms with E-state index in [9.17, 15) is 14.8 Å². The molecule has 0 fully saturated rings. The standard InChI is InChI=1S/C20H25N5O2.C13H19N5O2.ClH/c1-15-19-17(21-10-7-11-24(2)3)12-18(26)25(20(19)23-14-22-15)27-13-16-8-5-4-6-9-16;1-9-12-10(14-5-4-6-17(2)3)7-11(19)18(20)13(12)16-8-15-9;/h4-6,8-9,12,14,21H,7,10-11,13H2,1-3H3;7-8,14,20H,4-6H2,1-3H3;1H. The van der Waals surface area contributed by atoms with Gasteiger partial charge >= 0.3 is 0 Å². The van der Waals surface area contributed by atoms with E-state index < -0.39 is 5.56 Å². The van der Waals surface area contributed by atoms with Crippen molar-refractivity contribution in [3.05, 3.63) is 92.8 Å². The second kappa shape index (κ2) is 17.9. The van der Waals surface area contributed by atoms with E-state index in [4.69, 9.17) is 4.84 Å². The Labute approximate surface area is 285 Å². The van der Waals surface area contributed by atoms with Gasteiger partial charge in [0.05, 0.1) is 33.5 Å². The monoisotopic (exact) mass is 680 g/mol. The van der Waals surface area contributed by atoms with Crippen LogP contribution in [0.1, 0.15) is 29.8 Å². The molecule has 0 unspecified atom stereocenters. The Balaban J connectivity index is 0.000000266. The van der Waals surface area contributed by atoms with Crippen LogP contribution in [0, 0.1) is 13.8 Å². The predicted octanol–water partition coefficient (Wildman–Crippen LogP) is 3.21. The van der Waals surface area contributed by atoms with E-state index in [2.05, 4.69) is 40.4 Å². The minimum Gasteiger partial charge on any atom is -0.423 e. The van der Waals surface area contributed by atoms with Crippen molar-refractivity contribution >= 4 is 45.8 Å². The average Bonchev–Trinajstić information content (AvgIpc) is 3.04. The van der Waals surface area contributed by atoms with E-state index in [1.807, 2.05) is 72.4 Å².